The molecule has 1 aliphatic carbocycles. The summed E-state index contributed by atoms with van der Waals surface area (Å²) in [4.78, 5) is 25.3. The number of hydrogen-bond acceptors (Lipinski definition) is 4. The monoisotopic (exact) mass is 336 g/mol. The third kappa shape index (κ3) is 5.53. The van der Waals surface area contributed by atoms with Crippen molar-refractivity contribution in [3.63, 3.8) is 0 Å². The molecule has 0 aliphatic heterocycles. The van der Waals surface area contributed by atoms with Gasteiger partial charge in [-0.15, -0.1) is 0 Å². The molecule has 1 amide bonds. The van der Waals surface area contributed by atoms with E-state index in [0.29, 0.717) is 6.42 Å². The van der Waals surface area contributed by atoms with Gasteiger partial charge in [0.25, 0.3) is 0 Å². The molecule has 0 radical (unpaired) electrons. The van der Waals surface area contributed by atoms with Crippen molar-refractivity contribution in [1.82, 2.24) is 4.90 Å². The summed E-state index contributed by atoms with van der Waals surface area (Å²) >= 11 is 0. The fourth-order valence-corrected chi connectivity index (χ4v) is 2.90. The van der Waals surface area contributed by atoms with Crippen LogP contribution < -0.4 is 5.73 Å². The van der Waals surface area contributed by atoms with Crippen LogP contribution in [-0.4, -0.2) is 43.0 Å². The van der Waals surface area contributed by atoms with Gasteiger partial charge in [-0.3, -0.25) is 9.59 Å². The van der Waals surface area contributed by atoms with E-state index in [1.54, 1.807) is 0 Å². The molecule has 5 nitrogen and oxygen atoms in total. The van der Waals surface area contributed by atoms with Crippen LogP contribution in [0.2, 0.25) is 0 Å². The first-order chi connectivity index (χ1) is 10.8. The van der Waals surface area contributed by atoms with E-state index < -0.39 is 42.5 Å². The van der Waals surface area contributed by atoms with E-state index in [2.05, 4.69) is 4.74 Å². The van der Waals surface area contributed by atoms with Crippen LogP contribution in [0.3, 0.4) is 0 Å². The molecule has 3 atom stereocenters. The van der Waals surface area contributed by atoms with E-state index in [-0.39, 0.29) is 12.1 Å². The number of amides is 1. The van der Waals surface area contributed by atoms with E-state index in [4.69, 9.17) is 5.73 Å². The van der Waals surface area contributed by atoms with Crippen LogP contribution in [0.5, 0.6) is 0 Å². The van der Waals surface area contributed by atoms with Crippen LogP contribution in [0.4, 0.5) is 13.2 Å². The van der Waals surface area contributed by atoms with Gasteiger partial charge < -0.3 is 15.4 Å². The normalized spacial score (nSPS) is 22.2. The van der Waals surface area contributed by atoms with Gasteiger partial charge in [-0.05, 0) is 12.8 Å². The van der Waals surface area contributed by atoms with Gasteiger partial charge in [0.05, 0.1) is 19.4 Å². The second-order valence-electron chi connectivity index (χ2n) is 5.81. The molecule has 8 heteroatoms. The van der Waals surface area contributed by atoms with E-state index in [9.17, 15) is 22.8 Å². The third-order valence-corrected chi connectivity index (χ3v) is 4.25. The zero-order valence-corrected chi connectivity index (χ0v) is 13.4. The van der Waals surface area contributed by atoms with Crippen molar-refractivity contribution in [2.45, 2.75) is 50.6 Å². The number of carbonyl (C=O) groups excluding carboxylic acids is 2. The predicted molar refractivity (Wildman–Crippen MR) is 78.1 cm³/mol. The quantitative estimate of drug-likeness (QED) is 0.756. The Morgan fingerprint density at radius 3 is 2.35 bits per heavy atom. The maximum atomic E-state index is 13.3. The molecule has 0 aromatic rings. The van der Waals surface area contributed by atoms with Crippen molar-refractivity contribution in [2.24, 2.45) is 11.7 Å². The second kappa shape index (κ2) is 8.90. The molecule has 0 bridgehead atoms. The predicted octanol–water partition coefficient (Wildman–Crippen LogP) is 2.36. The second-order valence-corrected chi connectivity index (χ2v) is 5.81. The zero-order valence-electron chi connectivity index (χ0n) is 13.4. The number of rotatable bonds is 6. The lowest BCUT2D eigenvalue weighted by molar-refractivity contribution is -0.147. The number of hydrogen-bond donors (Lipinski definition) is 1. The van der Waals surface area contributed by atoms with Gasteiger partial charge in [0.1, 0.15) is 0 Å². The van der Waals surface area contributed by atoms with Gasteiger partial charge in [0.2, 0.25) is 5.91 Å². The number of methoxy groups -OCH3 is 1. The van der Waals surface area contributed by atoms with E-state index in [1.807, 2.05) is 0 Å². The van der Waals surface area contributed by atoms with Gasteiger partial charge in [-0.25, -0.2) is 4.39 Å². The Kier molecular flexibility index (Phi) is 7.54. The average Bonchev–Trinajstić information content (AvgIpc) is 2.52. The van der Waals surface area contributed by atoms with Crippen LogP contribution in [0.15, 0.2) is 11.9 Å². The van der Waals surface area contributed by atoms with Gasteiger partial charge in [0, 0.05) is 25.6 Å². The molecular formula is C15H23F3N2O3. The number of nitrogens with zero attached hydrogens (tertiary/aromatic N) is 1. The number of allylic oxidation sites excluding steroid dienone is 1. The SMILES string of the molecule is COC(=O)C[C@@H](CC(F)=C(F)F)C(=O)N(C)[C@H]1CCCC[C@@H]1N. The van der Waals surface area contributed by atoms with E-state index in [1.165, 1.54) is 11.9 Å². The molecule has 0 heterocycles. The minimum Gasteiger partial charge on any atom is -0.469 e. The first kappa shape index (κ1) is 19.5. The first-order valence-corrected chi connectivity index (χ1v) is 7.56. The summed E-state index contributed by atoms with van der Waals surface area (Å²) < 4.78 is 42.4. The Morgan fingerprint density at radius 1 is 1.22 bits per heavy atom. The molecule has 0 saturated heterocycles. The smallest absolute Gasteiger partial charge is 0.306 e. The molecule has 1 rings (SSSR count). The number of esters is 1. The number of ether oxygens (including phenoxy) is 1. The summed E-state index contributed by atoms with van der Waals surface area (Å²) in [6.07, 6.45) is -0.433. The number of carbonyl (C=O) groups is 2. The maximum absolute atomic E-state index is 13.3. The summed E-state index contributed by atoms with van der Waals surface area (Å²) in [6.45, 7) is 0. The van der Waals surface area contributed by atoms with Crippen molar-refractivity contribution in [1.29, 1.82) is 0 Å². The Balaban J connectivity index is 2.88. The van der Waals surface area contributed by atoms with Crippen molar-refractivity contribution in [2.75, 3.05) is 14.2 Å². The highest BCUT2D eigenvalue weighted by Gasteiger charge is 2.34. The van der Waals surface area contributed by atoms with Crippen LogP contribution in [0.25, 0.3) is 0 Å². The Morgan fingerprint density at radius 2 is 1.83 bits per heavy atom. The topological polar surface area (TPSA) is 72.6 Å². The van der Waals surface area contributed by atoms with Crippen LogP contribution in [0, 0.1) is 5.92 Å². The largest absolute Gasteiger partial charge is 0.469 e. The highest BCUT2D eigenvalue weighted by atomic mass is 19.3. The number of halogens is 3. The fourth-order valence-electron chi connectivity index (χ4n) is 2.90. The van der Waals surface area contributed by atoms with Crippen LogP contribution >= 0.6 is 0 Å². The molecule has 23 heavy (non-hydrogen) atoms. The molecule has 2 N–H and O–H groups in total. The van der Waals surface area contributed by atoms with E-state index >= 15 is 0 Å². The summed E-state index contributed by atoms with van der Waals surface area (Å²) in [5, 5.41) is 0. The molecule has 132 valence electrons. The lowest BCUT2D eigenvalue weighted by atomic mass is 9.88. The Bertz CT molecular complexity index is 467. The van der Waals surface area contributed by atoms with Gasteiger partial charge >= 0.3 is 12.0 Å². The van der Waals surface area contributed by atoms with Crippen LogP contribution in [-0.2, 0) is 14.3 Å². The third-order valence-electron chi connectivity index (χ3n) is 4.25. The lowest BCUT2D eigenvalue weighted by Crippen LogP contribution is -2.51. The number of nitrogens with two attached hydrogens (primary N) is 1. The minimum absolute atomic E-state index is 0.213. The minimum atomic E-state index is -2.48. The van der Waals surface area contributed by atoms with E-state index in [0.717, 1.165) is 26.4 Å². The van der Waals surface area contributed by atoms with Gasteiger partial charge in [-0.1, -0.05) is 12.8 Å². The molecule has 1 aliphatic rings. The molecular weight excluding hydrogens is 313 g/mol. The molecule has 0 aromatic carbocycles. The average molecular weight is 336 g/mol. The van der Waals surface area contributed by atoms with Crippen molar-refractivity contribution in [3.8, 4) is 0 Å². The number of likely N-dealkylation sites (N-methyl/N-ethyl adjacent to an activating group) is 1. The van der Waals surface area contributed by atoms with Crippen LogP contribution in [0.1, 0.15) is 38.5 Å². The zero-order chi connectivity index (χ0) is 17.6. The van der Waals surface area contributed by atoms with Crippen molar-refractivity contribution in [3.05, 3.63) is 11.9 Å². The maximum Gasteiger partial charge on any atom is 0.306 e. The Hall–Kier alpha value is -1.57. The molecule has 0 spiro atoms. The first-order valence-electron chi connectivity index (χ1n) is 7.56. The molecule has 0 unspecified atom stereocenters. The lowest BCUT2D eigenvalue weighted by Gasteiger charge is -2.37. The van der Waals surface area contributed by atoms with Crippen molar-refractivity contribution >= 4 is 11.9 Å². The standard InChI is InChI=1S/C15H23F3N2O3/c1-20(12-6-4-3-5-11(12)19)15(22)9(8-13(21)23-2)7-10(16)14(17)18/h9,11-12H,3-8,19H2,1-2H3/t9-,11+,12+/m1/s1. The molecule has 0 aromatic heterocycles. The summed E-state index contributed by atoms with van der Waals surface area (Å²) in [7, 11) is 2.63. The molecule has 1 fully saturated rings. The summed E-state index contributed by atoms with van der Waals surface area (Å²) in [6, 6.07) is -0.451. The summed E-state index contributed by atoms with van der Waals surface area (Å²) in [5.74, 6) is -4.25. The van der Waals surface area contributed by atoms with Crippen molar-refractivity contribution < 1.29 is 27.5 Å². The highest BCUT2D eigenvalue weighted by molar-refractivity contribution is 5.84. The van der Waals surface area contributed by atoms with Gasteiger partial charge in [0.15, 0.2) is 5.83 Å². The Labute approximate surface area is 133 Å². The summed E-state index contributed by atoms with van der Waals surface area (Å²) in [5.41, 5.74) is 6.01. The highest BCUT2D eigenvalue weighted by Crippen LogP contribution is 2.27. The fraction of sp³-hybridized carbons (Fsp3) is 0.733. The molecule has 1 saturated carbocycles. The van der Waals surface area contributed by atoms with Gasteiger partial charge in [-0.2, -0.15) is 8.78 Å².